The van der Waals surface area contributed by atoms with E-state index in [1.165, 1.54) is 21.0 Å². The lowest BCUT2D eigenvalue weighted by molar-refractivity contribution is 1.07. The van der Waals surface area contributed by atoms with E-state index in [1.807, 2.05) is 60.7 Å². The van der Waals surface area contributed by atoms with Gasteiger partial charge in [0.25, 0.3) is 0 Å². The van der Waals surface area contributed by atoms with Crippen molar-refractivity contribution in [2.24, 2.45) is 0 Å². The van der Waals surface area contributed by atoms with Gasteiger partial charge in [0.05, 0.1) is 5.52 Å². The molecule has 0 aliphatic rings. The first-order chi connectivity index (χ1) is 23.3. The Morgan fingerprint density at radius 3 is 1.53 bits per heavy atom. The van der Waals surface area contributed by atoms with Crippen molar-refractivity contribution in [1.29, 1.82) is 0 Å². The molecule has 9 aromatic rings. The summed E-state index contributed by atoms with van der Waals surface area (Å²) in [6.45, 7) is 0. The maximum Gasteiger partial charge on any atom is 0.164 e. The zero-order valence-corrected chi connectivity index (χ0v) is 26.0. The Morgan fingerprint density at radius 1 is 0.362 bits per heavy atom. The van der Waals surface area contributed by atoms with E-state index in [0.717, 1.165) is 49.1 Å². The summed E-state index contributed by atoms with van der Waals surface area (Å²) in [6.07, 6.45) is 0. The Morgan fingerprint density at radius 2 is 0.851 bits per heavy atom. The van der Waals surface area contributed by atoms with Crippen molar-refractivity contribution in [2.45, 2.75) is 0 Å². The Kier molecular flexibility index (Phi) is 6.61. The second-order valence-electron chi connectivity index (χ2n) is 11.5. The predicted molar refractivity (Wildman–Crippen MR) is 195 cm³/mol. The third-order valence-electron chi connectivity index (χ3n) is 8.53. The number of rotatable bonds is 5. The predicted octanol–water partition coefficient (Wildman–Crippen LogP) is 11.1. The second-order valence-corrected chi connectivity index (χ2v) is 12.5. The van der Waals surface area contributed by atoms with Crippen LogP contribution in [0.4, 0.5) is 0 Å². The van der Waals surface area contributed by atoms with Gasteiger partial charge >= 0.3 is 0 Å². The average Bonchev–Trinajstić information content (AvgIpc) is 3.52. The maximum atomic E-state index is 5.08. The van der Waals surface area contributed by atoms with Gasteiger partial charge in [-0.05, 0) is 41.0 Å². The molecular weight excluding hydrogens is 593 g/mol. The molecule has 3 heterocycles. The summed E-state index contributed by atoms with van der Waals surface area (Å²) in [6, 6.07) is 54.6. The monoisotopic (exact) mass is 618 g/mol. The van der Waals surface area contributed by atoms with E-state index in [9.17, 15) is 0 Å². The van der Waals surface area contributed by atoms with E-state index in [4.69, 9.17) is 19.9 Å². The number of aromatic nitrogens is 4. The van der Waals surface area contributed by atoms with Crippen molar-refractivity contribution < 1.29 is 0 Å². The highest BCUT2D eigenvalue weighted by Gasteiger charge is 2.17. The number of pyridine rings is 1. The lowest BCUT2D eigenvalue weighted by atomic mass is 9.93. The molecule has 0 atom stereocenters. The number of thiophene rings is 1. The largest absolute Gasteiger partial charge is 0.237 e. The minimum atomic E-state index is 0.641. The Balaban J connectivity index is 1.20. The van der Waals surface area contributed by atoms with Crippen molar-refractivity contribution in [3.05, 3.63) is 158 Å². The van der Waals surface area contributed by atoms with Gasteiger partial charge in [-0.25, -0.2) is 19.9 Å². The topological polar surface area (TPSA) is 51.6 Å². The number of para-hydroxylation sites is 1. The number of hydrogen-bond donors (Lipinski definition) is 0. The molecule has 0 amide bonds. The van der Waals surface area contributed by atoms with Crippen LogP contribution >= 0.6 is 11.3 Å². The van der Waals surface area contributed by atoms with Gasteiger partial charge in [-0.2, -0.15) is 0 Å². The molecule has 0 saturated carbocycles. The van der Waals surface area contributed by atoms with Crippen LogP contribution in [0.3, 0.4) is 0 Å². The normalized spacial score (nSPS) is 11.4. The van der Waals surface area contributed by atoms with Crippen LogP contribution in [-0.4, -0.2) is 19.9 Å². The minimum Gasteiger partial charge on any atom is -0.237 e. The Hall–Kier alpha value is -6.04. The highest BCUT2D eigenvalue weighted by molar-refractivity contribution is 7.25. The molecule has 9 rings (SSSR count). The smallest absolute Gasteiger partial charge is 0.164 e. The molecular formula is C42H26N4S. The summed E-state index contributed by atoms with van der Waals surface area (Å²) in [5, 5.41) is 3.61. The van der Waals surface area contributed by atoms with Crippen LogP contribution in [0.2, 0.25) is 0 Å². The fourth-order valence-corrected chi connectivity index (χ4v) is 7.40. The number of nitrogens with zero attached hydrogens (tertiary/aromatic N) is 4. The van der Waals surface area contributed by atoms with Crippen molar-refractivity contribution in [3.63, 3.8) is 0 Å². The van der Waals surface area contributed by atoms with Crippen LogP contribution in [-0.2, 0) is 0 Å². The van der Waals surface area contributed by atoms with Gasteiger partial charge in [0.1, 0.15) is 4.83 Å². The molecule has 3 aromatic heterocycles. The second kappa shape index (κ2) is 11.4. The summed E-state index contributed by atoms with van der Waals surface area (Å²) in [7, 11) is 0. The molecule has 0 fully saturated rings. The summed E-state index contributed by atoms with van der Waals surface area (Å²) < 4.78 is 1.25. The zero-order chi connectivity index (χ0) is 31.2. The van der Waals surface area contributed by atoms with Crippen molar-refractivity contribution in [2.75, 3.05) is 0 Å². The van der Waals surface area contributed by atoms with E-state index in [2.05, 4.69) is 97.1 Å². The first kappa shape index (κ1) is 27.3. The van der Waals surface area contributed by atoms with E-state index in [-0.39, 0.29) is 0 Å². The van der Waals surface area contributed by atoms with Crippen LogP contribution < -0.4 is 0 Å². The first-order valence-corrected chi connectivity index (χ1v) is 16.4. The maximum absolute atomic E-state index is 5.08. The third kappa shape index (κ3) is 4.94. The van der Waals surface area contributed by atoms with Crippen LogP contribution in [0.5, 0.6) is 0 Å². The fourth-order valence-electron chi connectivity index (χ4n) is 6.31. The lowest BCUT2D eigenvalue weighted by Gasteiger charge is -2.12. The molecule has 0 bridgehead atoms. The van der Waals surface area contributed by atoms with E-state index >= 15 is 0 Å². The van der Waals surface area contributed by atoms with Crippen molar-refractivity contribution in [3.8, 4) is 56.4 Å². The number of fused-ring (bicyclic) bond motifs is 4. The van der Waals surface area contributed by atoms with Crippen LogP contribution in [0.15, 0.2) is 158 Å². The van der Waals surface area contributed by atoms with Gasteiger partial charge in [0, 0.05) is 43.1 Å². The summed E-state index contributed by atoms with van der Waals surface area (Å²) in [4.78, 5) is 20.9. The molecule has 0 unspecified atom stereocenters. The molecule has 5 heteroatoms. The quantitative estimate of drug-likeness (QED) is 0.193. The molecule has 47 heavy (non-hydrogen) atoms. The molecule has 6 aromatic carbocycles. The molecule has 0 radical (unpaired) electrons. The molecule has 0 saturated heterocycles. The lowest BCUT2D eigenvalue weighted by Crippen LogP contribution is -2.00. The Labute approximate surface area is 275 Å². The van der Waals surface area contributed by atoms with E-state index in [1.54, 1.807) is 11.3 Å². The fraction of sp³-hybridized carbons (Fsp3) is 0. The van der Waals surface area contributed by atoms with Gasteiger partial charge in [-0.3, -0.25) is 0 Å². The Bertz CT molecular complexity index is 2520. The minimum absolute atomic E-state index is 0.641. The van der Waals surface area contributed by atoms with Gasteiger partial charge in [-0.1, -0.05) is 133 Å². The molecule has 0 spiro atoms. The van der Waals surface area contributed by atoms with Crippen molar-refractivity contribution >= 4 is 42.5 Å². The standard InChI is InChI=1S/C42H26N4S/c1-3-13-27(14-4-1)39-44-40(28-15-5-2-6-16-28)46-41(45-39)32-20-12-18-30(26-32)29-17-11-19-31(25-29)37-33-21-7-9-23-35(33)43-42-38(37)34-22-8-10-24-36(34)47-42/h1-26H. The van der Waals surface area contributed by atoms with Crippen LogP contribution in [0, 0.1) is 0 Å². The average molecular weight is 619 g/mol. The van der Waals surface area contributed by atoms with Gasteiger partial charge in [0.2, 0.25) is 0 Å². The number of hydrogen-bond acceptors (Lipinski definition) is 5. The molecule has 220 valence electrons. The van der Waals surface area contributed by atoms with Gasteiger partial charge in [0.15, 0.2) is 17.5 Å². The molecule has 4 nitrogen and oxygen atoms in total. The van der Waals surface area contributed by atoms with E-state index in [0.29, 0.717) is 17.5 Å². The molecule has 0 aliphatic heterocycles. The summed E-state index contributed by atoms with van der Waals surface area (Å²) in [5.74, 6) is 1.94. The van der Waals surface area contributed by atoms with Gasteiger partial charge in [-0.15, -0.1) is 11.3 Å². The van der Waals surface area contributed by atoms with Crippen LogP contribution in [0.25, 0.3) is 87.6 Å². The molecule has 0 aliphatic carbocycles. The van der Waals surface area contributed by atoms with Crippen molar-refractivity contribution in [1.82, 2.24) is 19.9 Å². The number of benzene rings is 6. The highest BCUT2D eigenvalue weighted by atomic mass is 32.1. The summed E-state index contributed by atoms with van der Waals surface area (Å²) in [5.41, 5.74) is 8.45. The summed E-state index contributed by atoms with van der Waals surface area (Å²) >= 11 is 1.75. The van der Waals surface area contributed by atoms with Gasteiger partial charge < -0.3 is 0 Å². The highest BCUT2D eigenvalue weighted by Crippen LogP contribution is 2.43. The zero-order valence-electron chi connectivity index (χ0n) is 25.2. The van der Waals surface area contributed by atoms with E-state index < -0.39 is 0 Å². The van der Waals surface area contributed by atoms with Crippen LogP contribution in [0.1, 0.15) is 0 Å². The SMILES string of the molecule is c1ccc(-c2nc(-c3ccccc3)nc(-c3cccc(-c4cccc(-c5c6ccccc6nc6sc7ccccc7c56)c4)c3)n2)cc1. The third-order valence-corrected chi connectivity index (χ3v) is 9.59. The molecule has 0 N–H and O–H groups in total. The first-order valence-electron chi connectivity index (χ1n) is 15.6.